The molecule has 2 amide bonds. The highest BCUT2D eigenvalue weighted by Crippen LogP contribution is 2.32. The van der Waals surface area contributed by atoms with Crippen LogP contribution in [0.1, 0.15) is 65.0 Å². The average molecular weight is 597 g/mol. The van der Waals surface area contributed by atoms with E-state index in [1.54, 1.807) is 25.9 Å². The number of Topliss-reactive ketones (excluding diaryl/α,β-unsaturated/α-hetero) is 1. The Morgan fingerprint density at radius 2 is 1.53 bits per heavy atom. The van der Waals surface area contributed by atoms with Crippen LogP contribution in [0.15, 0.2) is 59.7 Å². The summed E-state index contributed by atoms with van der Waals surface area (Å²) in [5.74, 6) is 0.378. The van der Waals surface area contributed by atoms with Crippen LogP contribution in [0.3, 0.4) is 0 Å². The smallest absolute Gasteiger partial charge is 0.239 e. The molecule has 0 aromatic heterocycles. The third-order valence-corrected chi connectivity index (χ3v) is 7.07. The van der Waals surface area contributed by atoms with Crippen LogP contribution in [-0.2, 0) is 27.3 Å². The molecule has 43 heavy (non-hydrogen) atoms. The van der Waals surface area contributed by atoms with Crippen LogP contribution in [0.5, 0.6) is 0 Å². The van der Waals surface area contributed by atoms with Crippen LogP contribution >= 0.6 is 0 Å². The van der Waals surface area contributed by atoms with E-state index in [9.17, 15) is 14.4 Å². The molecule has 0 radical (unpaired) electrons. The summed E-state index contributed by atoms with van der Waals surface area (Å²) in [5.41, 5.74) is 9.31. The molecule has 1 atom stereocenters. The SMILES string of the molecule is CC(=O)C(C1CCC1)N(C)Cc1cccc(CCNC(=O)CNC(=O)CN(C)C)c1.C\C=C(C)/C=C\C(C)=C/C.N=CN. The molecule has 0 saturated heterocycles. The highest BCUT2D eigenvalue weighted by atomic mass is 16.2. The number of nitrogens with zero attached hydrogens (tertiary/aromatic N) is 2. The van der Waals surface area contributed by atoms with Gasteiger partial charge in [-0.25, -0.2) is 0 Å². The van der Waals surface area contributed by atoms with Crippen LogP contribution in [0.25, 0.3) is 0 Å². The number of benzene rings is 1. The fourth-order valence-corrected chi connectivity index (χ4v) is 4.41. The third kappa shape index (κ3) is 18.6. The number of ketones is 1. The van der Waals surface area contributed by atoms with Gasteiger partial charge in [0.1, 0.15) is 5.78 Å². The Bertz CT molecular complexity index is 1070. The molecule has 0 aliphatic heterocycles. The van der Waals surface area contributed by atoms with Crippen LogP contribution in [0, 0.1) is 11.3 Å². The first-order valence-corrected chi connectivity index (χ1v) is 15.0. The maximum atomic E-state index is 12.1. The summed E-state index contributed by atoms with van der Waals surface area (Å²) in [6.07, 6.45) is 13.4. The lowest BCUT2D eigenvalue weighted by Gasteiger charge is -2.38. The van der Waals surface area contributed by atoms with Crippen molar-refractivity contribution in [1.29, 1.82) is 5.41 Å². The van der Waals surface area contributed by atoms with Gasteiger partial charge in [0.15, 0.2) is 0 Å². The van der Waals surface area contributed by atoms with Gasteiger partial charge in [-0.1, -0.05) is 66.1 Å². The van der Waals surface area contributed by atoms with Crippen molar-refractivity contribution in [2.45, 2.75) is 72.9 Å². The van der Waals surface area contributed by atoms with E-state index in [0.29, 0.717) is 18.9 Å². The van der Waals surface area contributed by atoms with Crippen molar-refractivity contribution >= 4 is 23.9 Å². The molecule has 9 nitrogen and oxygen atoms in total. The third-order valence-electron chi connectivity index (χ3n) is 7.07. The standard InChI is InChI=1S/C23H36N4O3.C10H16.CH4N2/c1-17(28)23(20-9-6-10-20)27(4)15-19-8-5-7-18(13-19)11-12-24-21(29)14-25-22(30)16-26(2)3;1-5-9(3)7-8-10(4)6-2;2-1-3/h5,7-8,13,20,23H,6,9-12,14-16H2,1-4H3,(H,24,29)(H,25,30);5-8H,1-4H3;1H,(H3,2,3)/b;8-7-,9-5-,10-6-;. The van der Waals surface area contributed by atoms with Crippen molar-refractivity contribution in [3.05, 3.63) is 70.8 Å². The van der Waals surface area contributed by atoms with Crippen molar-refractivity contribution in [3.63, 3.8) is 0 Å². The number of nitrogens with one attached hydrogen (secondary N) is 3. The highest BCUT2D eigenvalue weighted by Gasteiger charge is 2.33. The Labute approximate surface area is 260 Å². The van der Waals surface area contributed by atoms with E-state index >= 15 is 0 Å². The monoisotopic (exact) mass is 596 g/mol. The molecule has 9 heteroatoms. The first kappa shape index (κ1) is 39.4. The van der Waals surface area contributed by atoms with Gasteiger partial charge in [-0.3, -0.25) is 24.7 Å². The number of amides is 2. The van der Waals surface area contributed by atoms with Crippen molar-refractivity contribution in [1.82, 2.24) is 20.4 Å². The zero-order valence-electron chi connectivity index (χ0n) is 27.7. The van der Waals surface area contributed by atoms with Gasteiger partial charge in [-0.05, 0) is 92.1 Å². The fourth-order valence-electron chi connectivity index (χ4n) is 4.41. The summed E-state index contributed by atoms with van der Waals surface area (Å²) in [5, 5.41) is 11.3. The molecule has 1 saturated carbocycles. The maximum Gasteiger partial charge on any atom is 0.239 e. The minimum absolute atomic E-state index is 0.00407. The molecule has 1 aromatic rings. The second-order valence-corrected chi connectivity index (χ2v) is 11.2. The number of carbonyl (C=O) groups is 3. The summed E-state index contributed by atoms with van der Waals surface area (Å²) in [6, 6.07) is 8.29. The Hall–Kier alpha value is -3.56. The summed E-state index contributed by atoms with van der Waals surface area (Å²) < 4.78 is 0. The minimum atomic E-state index is -0.192. The van der Waals surface area contributed by atoms with Crippen molar-refractivity contribution in [2.24, 2.45) is 11.7 Å². The molecule has 1 aromatic carbocycles. The molecule has 1 unspecified atom stereocenters. The Kier molecular flexibility index (Phi) is 21.1. The van der Waals surface area contributed by atoms with Crippen molar-refractivity contribution < 1.29 is 14.4 Å². The largest absolute Gasteiger partial charge is 0.390 e. The number of nitrogens with two attached hydrogens (primary N) is 1. The molecule has 0 spiro atoms. The number of allylic oxidation sites excluding steroid dienone is 6. The molecule has 1 fully saturated rings. The Morgan fingerprint density at radius 1 is 0.977 bits per heavy atom. The van der Waals surface area contributed by atoms with E-state index < -0.39 is 0 Å². The van der Waals surface area contributed by atoms with Gasteiger partial charge < -0.3 is 21.3 Å². The molecule has 1 aliphatic rings. The van der Waals surface area contributed by atoms with Gasteiger partial charge in [-0.2, -0.15) is 0 Å². The molecular formula is C34H56N6O3. The van der Waals surface area contributed by atoms with Gasteiger partial charge in [-0.15, -0.1) is 0 Å². The molecule has 5 N–H and O–H groups in total. The molecule has 2 rings (SSSR count). The lowest BCUT2D eigenvalue weighted by molar-refractivity contribution is -0.126. The van der Waals surface area contributed by atoms with E-state index in [1.165, 1.54) is 23.1 Å². The quantitative estimate of drug-likeness (QED) is 0.144. The van der Waals surface area contributed by atoms with E-state index in [1.807, 2.05) is 33.0 Å². The number of hydrogen-bond donors (Lipinski definition) is 4. The lowest BCUT2D eigenvalue weighted by Crippen LogP contribution is -2.45. The predicted molar refractivity (Wildman–Crippen MR) is 179 cm³/mol. The second kappa shape index (κ2) is 23.0. The molecule has 0 heterocycles. The summed E-state index contributed by atoms with van der Waals surface area (Å²) >= 11 is 0. The van der Waals surface area contributed by atoms with Gasteiger partial charge in [0.2, 0.25) is 11.8 Å². The Morgan fingerprint density at radius 3 is 2.00 bits per heavy atom. The average Bonchev–Trinajstić information content (AvgIpc) is 2.92. The van der Waals surface area contributed by atoms with E-state index in [4.69, 9.17) is 5.41 Å². The van der Waals surface area contributed by atoms with Crippen LogP contribution in [0.4, 0.5) is 0 Å². The normalized spacial score (nSPS) is 14.2. The summed E-state index contributed by atoms with van der Waals surface area (Å²) in [6.45, 7) is 11.5. The van der Waals surface area contributed by atoms with E-state index in [2.05, 4.69) is 71.6 Å². The minimum Gasteiger partial charge on any atom is -0.390 e. The summed E-state index contributed by atoms with van der Waals surface area (Å²) in [4.78, 5) is 39.5. The maximum absolute atomic E-state index is 12.1. The number of rotatable bonds is 14. The second-order valence-electron chi connectivity index (χ2n) is 11.2. The molecule has 1 aliphatic carbocycles. The predicted octanol–water partition coefficient (Wildman–Crippen LogP) is 4.24. The van der Waals surface area contributed by atoms with Gasteiger partial charge in [0.05, 0.1) is 25.5 Å². The zero-order chi connectivity index (χ0) is 32.8. The van der Waals surface area contributed by atoms with Crippen LogP contribution in [0.2, 0.25) is 0 Å². The number of carbonyl (C=O) groups excluding carboxylic acids is 3. The van der Waals surface area contributed by atoms with Crippen LogP contribution in [-0.4, -0.2) is 80.6 Å². The number of hydrogen-bond acceptors (Lipinski definition) is 6. The Balaban J connectivity index is 0.00000114. The zero-order valence-corrected chi connectivity index (χ0v) is 27.7. The lowest BCUT2D eigenvalue weighted by atomic mass is 9.77. The van der Waals surface area contributed by atoms with Gasteiger partial charge in [0, 0.05) is 13.1 Å². The first-order valence-electron chi connectivity index (χ1n) is 15.0. The van der Waals surface area contributed by atoms with Crippen molar-refractivity contribution in [2.75, 3.05) is 40.8 Å². The summed E-state index contributed by atoms with van der Waals surface area (Å²) in [7, 11) is 5.64. The topological polar surface area (TPSA) is 132 Å². The first-order chi connectivity index (χ1) is 20.4. The molecule has 0 bridgehead atoms. The van der Waals surface area contributed by atoms with E-state index in [0.717, 1.165) is 31.3 Å². The highest BCUT2D eigenvalue weighted by molar-refractivity contribution is 5.85. The van der Waals surface area contributed by atoms with Gasteiger partial charge >= 0.3 is 0 Å². The van der Waals surface area contributed by atoms with Crippen LogP contribution < -0.4 is 16.4 Å². The van der Waals surface area contributed by atoms with E-state index in [-0.39, 0.29) is 36.7 Å². The molecule has 240 valence electrons. The number of likely N-dealkylation sites (N-methyl/N-ethyl adjacent to an activating group) is 2. The van der Waals surface area contributed by atoms with Gasteiger partial charge in [0.25, 0.3) is 0 Å². The molecular weight excluding hydrogens is 540 g/mol. The fraction of sp³-hybridized carbons (Fsp3) is 0.529. The van der Waals surface area contributed by atoms with Crippen molar-refractivity contribution in [3.8, 4) is 0 Å².